The van der Waals surface area contributed by atoms with Crippen molar-refractivity contribution in [2.75, 3.05) is 0 Å². The minimum Gasteiger partial charge on any atom is -0.352 e. The topological polar surface area (TPSA) is 54.9 Å². The summed E-state index contributed by atoms with van der Waals surface area (Å²) in [6.45, 7) is 2.53. The van der Waals surface area contributed by atoms with E-state index in [2.05, 4.69) is 15.3 Å². The zero-order valence-electron chi connectivity index (χ0n) is 11.0. The van der Waals surface area contributed by atoms with E-state index in [4.69, 9.17) is 0 Å². The number of carbonyl (C=O) groups is 1. The molecular weight excluding hydrogens is 238 g/mol. The zero-order valence-corrected chi connectivity index (χ0v) is 11.0. The monoisotopic (exact) mass is 255 g/mol. The summed E-state index contributed by atoms with van der Waals surface area (Å²) in [6, 6.07) is 7.74. The van der Waals surface area contributed by atoms with Gasteiger partial charge in [-0.25, -0.2) is 0 Å². The second-order valence-electron chi connectivity index (χ2n) is 4.31. The molecule has 0 aromatic carbocycles. The van der Waals surface area contributed by atoms with E-state index < -0.39 is 0 Å². The second-order valence-corrected chi connectivity index (χ2v) is 4.31. The molecule has 0 radical (unpaired) electrons. The van der Waals surface area contributed by atoms with Crippen molar-refractivity contribution < 1.29 is 4.79 Å². The fraction of sp³-hybridized carbons (Fsp3) is 0.267. The molecule has 0 saturated carbocycles. The van der Waals surface area contributed by atoms with Gasteiger partial charge in [0, 0.05) is 37.1 Å². The Morgan fingerprint density at radius 3 is 2.74 bits per heavy atom. The van der Waals surface area contributed by atoms with Crippen molar-refractivity contribution in [2.45, 2.75) is 26.3 Å². The highest BCUT2D eigenvalue weighted by molar-refractivity contribution is 5.75. The van der Waals surface area contributed by atoms with Gasteiger partial charge >= 0.3 is 0 Å². The van der Waals surface area contributed by atoms with Gasteiger partial charge in [-0.2, -0.15) is 0 Å². The molecule has 1 amide bonds. The maximum absolute atomic E-state index is 11.4. The lowest BCUT2D eigenvalue weighted by molar-refractivity contribution is -0.121. The molecule has 2 aromatic heterocycles. The maximum atomic E-state index is 11.4. The van der Waals surface area contributed by atoms with Crippen LogP contribution in [0.15, 0.2) is 42.9 Å². The summed E-state index contributed by atoms with van der Waals surface area (Å²) < 4.78 is 0. The molecule has 0 atom stereocenters. The highest BCUT2D eigenvalue weighted by Crippen LogP contribution is 2.16. The van der Waals surface area contributed by atoms with Gasteiger partial charge in [-0.1, -0.05) is 6.92 Å². The molecule has 98 valence electrons. The first-order valence-corrected chi connectivity index (χ1v) is 6.41. The molecule has 0 unspecified atom stereocenters. The maximum Gasteiger partial charge on any atom is 0.220 e. The number of amides is 1. The minimum absolute atomic E-state index is 0.0878. The molecule has 0 aliphatic rings. The summed E-state index contributed by atoms with van der Waals surface area (Å²) in [5.41, 5.74) is 2.97. The van der Waals surface area contributed by atoms with Gasteiger partial charge < -0.3 is 5.32 Å². The molecule has 4 heteroatoms. The molecule has 0 aliphatic heterocycles. The molecule has 0 saturated heterocycles. The van der Waals surface area contributed by atoms with Crippen LogP contribution in [0.25, 0.3) is 11.3 Å². The Morgan fingerprint density at radius 2 is 2.00 bits per heavy atom. The van der Waals surface area contributed by atoms with Crippen molar-refractivity contribution in [1.82, 2.24) is 15.3 Å². The number of nitrogens with one attached hydrogen (secondary N) is 1. The van der Waals surface area contributed by atoms with E-state index in [1.807, 2.05) is 31.2 Å². The van der Waals surface area contributed by atoms with E-state index in [1.165, 1.54) is 0 Å². The van der Waals surface area contributed by atoms with Crippen molar-refractivity contribution in [3.05, 3.63) is 48.4 Å². The van der Waals surface area contributed by atoms with Crippen LogP contribution in [0.5, 0.6) is 0 Å². The Morgan fingerprint density at radius 1 is 1.21 bits per heavy atom. The second kappa shape index (κ2) is 6.64. The summed E-state index contributed by atoms with van der Waals surface area (Å²) in [4.78, 5) is 19.8. The molecule has 0 bridgehead atoms. The summed E-state index contributed by atoms with van der Waals surface area (Å²) in [5.74, 6) is 0.0878. The third-order valence-corrected chi connectivity index (χ3v) is 2.77. The van der Waals surface area contributed by atoms with Gasteiger partial charge in [-0.15, -0.1) is 0 Å². The average Bonchev–Trinajstić information content (AvgIpc) is 2.47. The number of aromatic nitrogens is 2. The fourth-order valence-electron chi connectivity index (χ4n) is 1.78. The third-order valence-electron chi connectivity index (χ3n) is 2.77. The quantitative estimate of drug-likeness (QED) is 0.893. The third kappa shape index (κ3) is 3.88. The number of pyridine rings is 2. The van der Waals surface area contributed by atoms with Crippen LogP contribution < -0.4 is 5.32 Å². The van der Waals surface area contributed by atoms with Gasteiger partial charge in [0.05, 0.1) is 5.69 Å². The van der Waals surface area contributed by atoms with E-state index in [0.29, 0.717) is 13.0 Å². The first kappa shape index (κ1) is 13.2. The van der Waals surface area contributed by atoms with Crippen molar-refractivity contribution in [3.8, 4) is 11.3 Å². The van der Waals surface area contributed by atoms with Gasteiger partial charge in [0.1, 0.15) is 0 Å². The largest absolute Gasteiger partial charge is 0.352 e. The minimum atomic E-state index is 0.0878. The Hall–Kier alpha value is -2.23. The smallest absolute Gasteiger partial charge is 0.220 e. The lowest BCUT2D eigenvalue weighted by atomic mass is 10.1. The molecule has 0 aliphatic carbocycles. The van der Waals surface area contributed by atoms with E-state index >= 15 is 0 Å². The van der Waals surface area contributed by atoms with Crippen LogP contribution >= 0.6 is 0 Å². The van der Waals surface area contributed by atoms with Gasteiger partial charge in [0.25, 0.3) is 0 Å². The van der Waals surface area contributed by atoms with Crippen LogP contribution in [0.2, 0.25) is 0 Å². The predicted octanol–water partition coefficient (Wildman–Crippen LogP) is 2.56. The lowest BCUT2D eigenvalue weighted by Gasteiger charge is -2.06. The van der Waals surface area contributed by atoms with Crippen LogP contribution in [0.4, 0.5) is 0 Å². The Kier molecular flexibility index (Phi) is 4.61. The number of carbonyl (C=O) groups excluding carboxylic acids is 1. The molecule has 2 heterocycles. The Bertz CT molecular complexity index is 540. The van der Waals surface area contributed by atoms with Crippen LogP contribution in [-0.4, -0.2) is 15.9 Å². The molecule has 2 rings (SSSR count). The van der Waals surface area contributed by atoms with Crippen LogP contribution in [0, 0.1) is 0 Å². The molecule has 19 heavy (non-hydrogen) atoms. The standard InChI is InChI=1S/C15H17N3O/c1-2-3-15(19)18-11-12-4-9-17-14(10-12)13-5-7-16-8-6-13/h4-10H,2-3,11H2,1H3,(H,18,19). The number of rotatable bonds is 5. The molecule has 1 N–H and O–H groups in total. The van der Waals surface area contributed by atoms with Gasteiger partial charge in [-0.05, 0) is 36.2 Å². The van der Waals surface area contributed by atoms with Gasteiger partial charge in [-0.3, -0.25) is 14.8 Å². The van der Waals surface area contributed by atoms with E-state index in [0.717, 1.165) is 23.2 Å². The van der Waals surface area contributed by atoms with Gasteiger partial charge in [0.15, 0.2) is 0 Å². The molecule has 4 nitrogen and oxygen atoms in total. The predicted molar refractivity (Wildman–Crippen MR) is 74.2 cm³/mol. The SMILES string of the molecule is CCCC(=O)NCc1ccnc(-c2ccncc2)c1. The molecule has 0 spiro atoms. The van der Waals surface area contributed by atoms with E-state index in [1.54, 1.807) is 18.6 Å². The first-order valence-electron chi connectivity index (χ1n) is 6.41. The van der Waals surface area contributed by atoms with Crippen molar-refractivity contribution in [1.29, 1.82) is 0 Å². The summed E-state index contributed by atoms with van der Waals surface area (Å²) in [7, 11) is 0. The Labute approximate surface area is 112 Å². The highest BCUT2D eigenvalue weighted by Gasteiger charge is 2.02. The molecule has 0 fully saturated rings. The number of hydrogen-bond acceptors (Lipinski definition) is 3. The van der Waals surface area contributed by atoms with Crippen LogP contribution in [0.1, 0.15) is 25.3 Å². The van der Waals surface area contributed by atoms with E-state index in [9.17, 15) is 4.79 Å². The van der Waals surface area contributed by atoms with Gasteiger partial charge in [0.2, 0.25) is 5.91 Å². The van der Waals surface area contributed by atoms with E-state index in [-0.39, 0.29) is 5.91 Å². The number of hydrogen-bond donors (Lipinski definition) is 1. The zero-order chi connectivity index (χ0) is 13.5. The average molecular weight is 255 g/mol. The van der Waals surface area contributed by atoms with Crippen LogP contribution in [-0.2, 0) is 11.3 Å². The highest BCUT2D eigenvalue weighted by atomic mass is 16.1. The van der Waals surface area contributed by atoms with Crippen molar-refractivity contribution in [2.24, 2.45) is 0 Å². The molecular formula is C15H17N3O. The normalized spacial score (nSPS) is 10.2. The molecule has 2 aromatic rings. The fourth-order valence-corrected chi connectivity index (χ4v) is 1.78. The van der Waals surface area contributed by atoms with Crippen molar-refractivity contribution in [3.63, 3.8) is 0 Å². The van der Waals surface area contributed by atoms with Crippen molar-refractivity contribution >= 4 is 5.91 Å². The summed E-state index contributed by atoms with van der Waals surface area (Å²) in [5, 5.41) is 2.90. The Balaban J connectivity index is 2.06. The first-order chi connectivity index (χ1) is 9.29. The summed E-state index contributed by atoms with van der Waals surface area (Å²) >= 11 is 0. The lowest BCUT2D eigenvalue weighted by Crippen LogP contribution is -2.22. The number of nitrogens with zero attached hydrogens (tertiary/aromatic N) is 2. The summed E-state index contributed by atoms with van der Waals surface area (Å²) in [6.07, 6.45) is 6.68. The van der Waals surface area contributed by atoms with Crippen LogP contribution in [0.3, 0.4) is 0 Å².